The van der Waals surface area contributed by atoms with Gasteiger partial charge in [-0.2, -0.15) is 9.61 Å². The van der Waals surface area contributed by atoms with E-state index < -0.39 is 0 Å². The summed E-state index contributed by atoms with van der Waals surface area (Å²) in [4.78, 5) is 6.52. The third-order valence-electron chi connectivity index (χ3n) is 4.33. The average Bonchev–Trinajstić information content (AvgIpc) is 2.99. The van der Waals surface area contributed by atoms with Crippen molar-refractivity contribution in [3.8, 4) is 11.3 Å². The maximum absolute atomic E-state index is 4.74. The number of piperidine rings is 1. The smallest absolute Gasteiger partial charge is 0.177 e. The molecule has 1 saturated heterocycles. The van der Waals surface area contributed by atoms with Crippen molar-refractivity contribution in [2.24, 2.45) is 0 Å². The summed E-state index contributed by atoms with van der Waals surface area (Å²) in [6, 6.07) is 7.88. The van der Waals surface area contributed by atoms with Gasteiger partial charge in [-0.25, -0.2) is 0 Å². The van der Waals surface area contributed by atoms with Crippen molar-refractivity contribution in [1.29, 1.82) is 0 Å². The van der Waals surface area contributed by atoms with E-state index in [4.69, 9.17) is 5.10 Å². The monoisotopic (exact) mass is 294 g/mol. The summed E-state index contributed by atoms with van der Waals surface area (Å²) in [6.07, 6.45) is 5.81. The number of nitrogens with zero attached hydrogens (tertiary/aromatic N) is 6. The van der Waals surface area contributed by atoms with Crippen molar-refractivity contribution >= 4 is 5.65 Å². The van der Waals surface area contributed by atoms with Gasteiger partial charge in [-0.3, -0.25) is 4.98 Å². The lowest BCUT2D eigenvalue weighted by Gasteiger charge is -2.27. The molecule has 0 atom stereocenters. The molecule has 0 amide bonds. The molecule has 6 nitrogen and oxygen atoms in total. The highest BCUT2D eigenvalue weighted by atomic mass is 15.4. The van der Waals surface area contributed by atoms with Crippen LogP contribution in [-0.2, 0) is 0 Å². The highest BCUT2D eigenvalue weighted by Gasteiger charge is 2.23. The summed E-state index contributed by atoms with van der Waals surface area (Å²) in [6.45, 7) is 2.20. The molecule has 0 aliphatic carbocycles. The fourth-order valence-electron chi connectivity index (χ4n) is 3.00. The molecule has 0 saturated carbocycles. The second-order valence-electron chi connectivity index (χ2n) is 5.87. The van der Waals surface area contributed by atoms with E-state index in [1.165, 1.54) is 0 Å². The van der Waals surface area contributed by atoms with Crippen molar-refractivity contribution in [3.63, 3.8) is 0 Å². The second-order valence-corrected chi connectivity index (χ2v) is 5.87. The molecule has 4 rings (SSSR count). The fourth-order valence-corrected chi connectivity index (χ4v) is 3.00. The molecule has 6 heteroatoms. The average molecular weight is 294 g/mol. The summed E-state index contributed by atoms with van der Waals surface area (Å²) < 4.78 is 1.90. The molecule has 112 valence electrons. The van der Waals surface area contributed by atoms with E-state index in [9.17, 15) is 0 Å². The van der Waals surface area contributed by atoms with E-state index >= 15 is 0 Å². The predicted octanol–water partition coefficient (Wildman–Crippen LogP) is 2.00. The molecular weight excluding hydrogens is 276 g/mol. The predicted molar refractivity (Wildman–Crippen MR) is 83.5 cm³/mol. The van der Waals surface area contributed by atoms with Crippen LogP contribution in [0.3, 0.4) is 0 Å². The molecule has 1 aliphatic heterocycles. The third kappa shape index (κ3) is 2.35. The Labute approximate surface area is 128 Å². The minimum absolute atomic E-state index is 0.433. The van der Waals surface area contributed by atoms with Crippen LogP contribution in [0, 0.1) is 0 Å². The van der Waals surface area contributed by atoms with Gasteiger partial charge < -0.3 is 4.90 Å². The van der Waals surface area contributed by atoms with Crippen molar-refractivity contribution in [2.45, 2.75) is 18.8 Å². The molecule has 0 radical (unpaired) electrons. The lowest BCUT2D eigenvalue weighted by Crippen LogP contribution is -2.30. The Morgan fingerprint density at radius 2 is 1.95 bits per heavy atom. The van der Waals surface area contributed by atoms with E-state index in [1.54, 1.807) is 6.20 Å². The minimum Gasteiger partial charge on any atom is -0.306 e. The summed E-state index contributed by atoms with van der Waals surface area (Å²) in [7, 11) is 2.16. The molecule has 0 aromatic carbocycles. The van der Waals surface area contributed by atoms with Gasteiger partial charge >= 0.3 is 0 Å². The van der Waals surface area contributed by atoms with Crippen LogP contribution in [0.4, 0.5) is 0 Å². The Hall–Kier alpha value is -2.34. The maximum atomic E-state index is 4.74. The first-order valence-corrected chi connectivity index (χ1v) is 7.62. The number of hydrogen-bond acceptors (Lipinski definition) is 5. The summed E-state index contributed by atoms with van der Waals surface area (Å²) >= 11 is 0. The third-order valence-corrected chi connectivity index (χ3v) is 4.33. The Balaban J connectivity index is 1.74. The summed E-state index contributed by atoms with van der Waals surface area (Å²) in [5, 5.41) is 13.4. The Morgan fingerprint density at radius 3 is 2.73 bits per heavy atom. The van der Waals surface area contributed by atoms with Crippen molar-refractivity contribution < 1.29 is 0 Å². The fraction of sp³-hybridized carbons (Fsp3) is 0.375. The van der Waals surface area contributed by atoms with Crippen LogP contribution in [-0.4, -0.2) is 49.8 Å². The van der Waals surface area contributed by atoms with Crippen LogP contribution in [0.5, 0.6) is 0 Å². The molecule has 3 aromatic rings. The van der Waals surface area contributed by atoms with Gasteiger partial charge in [-0.1, -0.05) is 0 Å². The van der Waals surface area contributed by atoms with Crippen molar-refractivity contribution in [2.75, 3.05) is 20.1 Å². The topological polar surface area (TPSA) is 59.2 Å². The summed E-state index contributed by atoms with van der Waals surface area (Å²) in [5.41, 5.74) is 2.71. The molecule has 0 bridgehead atoms. The zero-order valence-electron chi connectivity index (χ0n) is 12.6. The van der Waals surface area contributed by atoms with Crippen LogP contribution >= 0.6 is 0 Å². The van der Waals surface area contributed by atoms with Crippen LogP contribution < -0.4 is 0 Å². The van der Waals surface area contributed by atoms with Crippen LogP contribution in [0.15, 0.2) is 36.7 Å². The van der Waals surface area contributed by atoms with Crippen molar-refractivity contribution in [3.05, 3.63) is 42.5 Å². The maximum Gasteiger partial charge on any atom is 0.177 e. The number of likely N-dealkylation sites (tertiary alicyclic amines) is 1. The van der Waals surface area contributed by atoms with E-state index in [0.29, 0.717) is 5.92 Å². The van der Waals surface area contributed by atoms with Gasteiger partial charge in [-0.15, -0.1) is 10.2 Å². The normalized spacial score (nSPS) is 17.1. The lowest BCUT2D eigenvalue weighted by atomic mass is 9.96. The Kier molecular flexibility index (Phi) is 3.31. The highest BCUT2D eigenvalue weighted by Crippen LogP contribution is 2.26. The van der Waals surface area contributed by atoms with E-state index in [1.807, 2.05) is 35.0 Å². The SMILES string of the molecule is CN1CCC(c2nnc3ccc(-c4cccnc4)nn23)CC1. The molecular formula is C16H18N6. The minimum atomic E-state index is 0.433. The molecule has 0 N–H and O–H groups in total. The molecule has 22 heavy (non-hydrogen) atoms. The quantitative estimate of drug-likeness (QED) is 0.723. The van der Waals surface area contributed by atoms with Crippen molar-refractivity contribution in [1.82, 2.24) is 29.7 Å². The standard InChI is InChI=1S/C16H18N6/c1-21-9-6-12(7-10-21)16-19-18-15-5-4-14(20-22(15)16)13-3-2-8-17-11-13/h2-5,8,11-12H,6-7,9-10H2,1H3. The zero-order chi connectivity index (χ0) is 14.9. The molecule has 1 aliphatic rings. The molecule has 4 heterocycles. The van der Waals surface area contributed by atoms with Crippen LogP contribution in [0.2, 0.25) is 0 Å². The number of rotatable bonds is 2. The summed E-state index contributed by atoms with van der Waals surface area (Å²) in [5.74, 6) is 1.41. The van der Waals surface area contributed by atoms with Crippen LogP contribution in [0.25, 0.3) is 16.9 Å². The van der Waals surface area contributed by atoms with Gasteiger partial charge in [0.05, 0.1) is 5.69 Å². The Bertz CT molecular complexity index is 774. The van der Waals surface area contributed by atoms with E-state index in [-0.39, 0.29) is 0 Å². The van der Waals surface area contributed by atoms with Gasteiger partial charge in [-0.05, 0) is 57.2 Å². The first-order valence-electron chi connectivity index (χ1n) is 7.62. The lowest BCUT2D eigenvalue weighted by molar-refractivity contribution is 0.250. The Morgan fingerprint density at radius 1 is 1.09 bits per heavy atom. The number of fused-ring (bicyclic) bond motifs is 1. The van der Waals surface area contributed by atoms with Gasteiger partial charge in [0.15, 0.2) is 11.5 Å². The number of hydrogen-bond donors (Lipinski definition) is 0. The van der Waals surface area contributed by atoms with Gasteiger partial charge in [0.1, 0.15) is 0 Å². The molecule has 1 fully saturated rings. The first kappa shape index (κ1) is 13.3. The first-order chi connectivity index (χ1) is 10.8. The van der Waals surface area contributed by atoms with Gasteiger partial charge in [0.25, 0.3) is 0 Å². The highest BCUT2D eigenvalue weighted by molar-refractivity contribution is 5.58. The number of pyridine rings is 1. The van der Waals surface area contributed by atoms with Gasteiger partial charge in [0, 0.05) is 23.9 Å². The largest absolute Gasteiger partial charge is 0.306 e. The number of aromatic nitrogens is 5. The van der Waals surface area contributed by atoms with E-state index in [2.05, 4.69) is 27.1 Å². The molecule has 3 aromatic heterocycles. The molecule has 0 spiro atoms. The van der Waals surface area contributed by atoms with Crippen LogP contribution in [0.1, 0.15) is 24.6 Å². The van der Waals surface area contributed by atoms with Gasteiger partial charge in [0.2, 0.25) is 0 Å². The molecule has 0 unspecified atom stereocenters. The second kappa shape index (κ2) is 5.46. The van der Waals surface area contributed by atoms with E-state index in [0.717, 1.165) is 48.7 Å². The zero-order valence-corrected chi connectivity index (χ0v) is 12.6.